The molecule has 0 heterocycles. The number of alkyl carbamates (subject to hydrolysis) is 1. The fraction of sp³-hybridized carbons (Fsp3) is 0.323. The smallest absolute Gasteiger partial charge is 0.407 e. The molecule has 0 aliphatic heterocycles. The molecule has 3 aromatic rings. The normalized spacial score (nSPS) is 14.6. The Bertz CT molecular complexity index is 1260. The van der Waals surface area contributed by atoms with Crippen LogP contribution < -0.4 is 10.6 Å². The molecular weight excluding hydrogens is 496 g/mol. The first-order valence-corrected chi connectivity index (χ1v) is 13.1. The number of nitrogens with one attached hydrogen (secondary N) is 2. The predicted octanol–water partition coefficient (Wildman–Crippen LogP) is 4.11. The summed E-state index contributed by atoms with van der Waals surface area (Å²) in [5.41, 5.74) is 5.12. The van der Waals surface area contributed by atoms with E-state index in [1.54, 1.807) is 0 Å². The summed E-state index contributed by atoms with van der Waals surface area (Å²) in [6.45, 7) is 3.76. The standard InChI is InChI=1S/C31H34N2O6/c1-19(2)16-27(30(36)37)32-29(35)28(34)26(17-20-10-4-3-5-11-20)33-31(38)39-18-25-23-14-8-6-12-21(23)22-13-7-9-15-24(22)25/h3-15,19,25-28,34H,16-18H2,1-2H3,(H,32,35)(H,33,38)(H,36,37)/t26-,27+,28+/m0/s1. The summed E-state index contributed by atoms with van der Waals surface area (Å²) < 4.78 is 5.62. The molecule has 0 aromatic heterocycles. The van der Waals surface area contributed by atoms with Gasteiger partial charge in [-0.05, 0) is 46.6 Å². The van der Waals surface area contributed by atoms with Gasteiger partial charge in [0, 0.05) is 5.92 Å². The van der Waals surface area contributed by atoms with Crippen molar-refractivity contribution in [3.63, 3.8) is 0 Å². The van der Waals surface area contributed by atoms with Crippen molar-refractivity contribution in [1.82, 2.24) is 10.6 Å². The topological polar surface area (TPSA) is 125 Å². The maximum absolute atomic E-state index is 13.0. The van der Waals surface area contributed by atoms with Gasteiger partial charge in [-0.25, -0.2) is 9.59 Å². The van der Waals surface area contributed by atoms with Gasteiger partial charge in [-0.15, -0.1) is 0 Å². The molecular formula is C31H34N2O6. The van der Waals surface area contributed by atoms with Gasteiger partial charge in [0.1, 0.15) is 12.6 Å². The zero-order valence-corrected chi connectivity index (χ0v) is 22.0. The predicted molar refractivity (Wildman–Crippen MR) is 147 cm³/mol. The number of fused-ring (bicyclic) bond motifs is 3. The molecule has 3 aromatic carbocycles. The van der Waals surface area contributed by atoms with Gasteiger partial charge in [0.05, 0.1) is 6.04 Å². The molecule has 0 radical (unpaired) electrons. The Hall–Kier alpha value is -4.17. The summed E-state index contributed by atoms with van der Waals surface area (Å²) in [6.07, 6.45) is -2.13. The van der Waals surface area contributed by atoms with E-state index in [1.807, 2.05) is 92.7 Å². The lowest BCUT2D eigenvalue weighted by Crippen LogP contribution is -2.54. The van der Waals surface area contributed by atoms with Crippen molar-refractivity contribution >= 4 is 18.0 Å². The van der Waals surface area contributed by atoms with Crippen molar-refractivity contribution in [1.29, 1.82) is 0 Å². The lowest BCUT2D eigenvalue weighted by Gasteiger charge is -2.26. The van der Waals surface area contributed by atoms with Crippen LogP contribution in [-0.2, 0) is 20.7 Å². The molecule has 0 saturated carbocycles. The molecule has 3 atom stereocenters. The fourth-order valence-electron chi connectivity index (χ4n) is 5.03. The minimum absolute atomic E-state index is 0.0163. The second-order valence-electron chi connectivity index (χ2n) is 10.2. The highest BCUT2D eigenvalue weighted by molar-refractivity contribution is 5.87. The van der Waals surface area contributed by atoms with Gasteiger partial charge in [0.2, 0.25) is 0 Å². The van der Waals surface area contributed by atoms with Crippen LogP contribution in [0.2, 0.25) is 0 Å². The summed E-state index contributed by atoms with van der Waals surface area (Å²) in [7, 11) is 0. The molecule has 4 N–H and O–H groups in total. The first-order valence-electron chi connectivity index (χ1n) is 13.1. The number of ether oxygens (including phenoxy) is 1. The number of carboxylic acids is 1. The zero-order chi connectivity index (χ0) is 27.9. The van der Waals surface area contributed by atoms with Crippen molar-refractivity contribution in [2.24, 2.45) is 5.92 Å². The number of carbonyl (C=O) groups excluding carboxylic acids is 2. The number of carbonyl (C=O) groups is 3. The molecule has 8 nitrogen and oxygen atoms in total. The molecule has 0 bridgehead atoms. The minimum Gasteiger partial charge on any atom is -0.480 e. The van der Waals surface area contributed by atoms with Gasteiger partial charge in [0.15, 0.2) is 6.10 Å². The molecule has 1 aliphatic carbocycles. The highest BCUT2D eigenvalue weighted by Gasteiger charge is 2.33. The van der Waals surface area contributed by atoms with E-state index in [4.69, 9.17) is 4.74 Å². The van der Waals surface area contributed by atoms with E-state index in [1.165, 1.54) is 0 Å². The maximum Gasteiger partial charge on any atom is 0.407 e. The van der Waals surface area contributed by atoms with Crippen LogP contribution in [0.4, 0.5) is 4.79 Å². The summed E-state index contributed by atoms with van der Waals surface area (Å²) in [5, 5.41) is 25.5. The zero-order valence-electron chi connectivity index (χ0n) is 22.0. The number of hydrogen-bond donors (Lipinski definition) is 4. The van der Waals surface area contributed by atoms with Gasteiger partial charge in [-0.1, -0.05) is 92.7 Å². The Morgan fingerprint density at radius 3 is 1.97 bits per heavy atom. The third kappa shape index (κ3) is 6.83. The molecule has 4 rings (SSSR count). The molecule has 8 heteroatoms. The van der Waals surface area contributed by atoms with Crippen LogP contribution in [0, 0.1) is 5.92 Å². The third-order valence-corrected chi connectivity index (χ3v) is 6.92. The van der Waals surface area contributed by atoms with E-state index < -0.39 is 36.2 Å². The SMILES string of the molecule is CC(C)C[C@@H](NC(=O)[C@H](O)[C@H](Cc1ccccc1)NC(=O)OCC1c2ccccc2-c2ccccc21)C(=O)O. The van der Waals surface area contributed by atoms with E-state index in [0.717, 1.165) is 27.8 Å². The number of hydrogen-bond acceptors (Lipinski definition) is 5. The summed E-state index contributed by atoms with van der Waals surface area (Å²) >= 11 is 0. The van der Waals surface area contributed by atoms with Gasteiger partial charge < -0.3 is 25.6 Å². The van der Waals surface area contributed by atoms with Crippen LogP contribution in [0.1, 0.15) is 42.9 Å². The van der Waals surface area contributed by atoms with Crippen LogP contribution in [0.3, 0.4) is 0 Å². The first-order chi connectivity index (χ1) is 18.7. The van der Waals surface area contributed by atoms with E-state index in [0.29, 0.717) is 0 Å². The molecule has 0 fully saturated rings. The summed E-state index contributed by atoms with van der Waals surface area (Å²) in [4.78, 5) is 37.5. The maximum atomic E-state index is 13.0. The second kappa shape index (κ2) is 12.6. The number of aliphatic carboxylic acids is 1. The van der Waals surface area contributed by atoms with Gasteiger partial charge >= 0.3 is 12.1 Å². The average Bonchev–Trinajstić information content (AvgIpc) is 3.24. The van der Waals surface area contributed by atoms with Crippen molar-refractivity contribution in [3.05, 3.63) is 95.6 Å². The molecule has 204 valence electrons. The van der Waals surface area contributed by atoms with Crippen molar-refractivity contribution in [3.8, 4) is 11.1 Å². The Morgan fingerprint density at radius 1 is 0.846 bits per heavy atom. The molecule has 0 unspecified atom stereocenters. The average molecular weight is 531 g/mol. The number of rotatable bonds is 11. The Labute approximate surface area is 228 Å². The lowest BCUT2D eigenvalue weighted by atomic mass is 9.98. The Morgan fingerprint density at radius 2 is 1.41 bits per heavy atom. The highest BCUT2D eigenvalue weighted by atomic mass is 16.5. The van der Waals surface area contributed by atoms with Crippen LogP contribution in [0.25, 0.3) is 11.1 Å². The van der Waals surface area contributed by atoms with E-state index in [2.05, 4.69) is 10.6 Å². The summed E-state index contributed by atoms with van der Waals surface area (Å²) in [6, 6.07) is 22.9. The van der Waals surface area contributed by atoms with Crippen molar-refractivity contribution in [2.75, 3.05) is 6.61 Å². The fourth-order valence-corrected chi connectivity index (χ4v) is 5.03. The Kier molecular flexibility index (Phi) is 8.99. The van der Waals surface area contributed by atoms with Crippen molar-refractivity contribution < 1.29 is 29.3 Å². The van der Waals surface area contributed by atoms with Gasteiger partial charge in [-0.3, -0.25) is 4.79 Å². The van der Waals surface area contributed by atoms with Gasteiger partial charge in [-0.2, -0.15) is 0 Å². The third-order valence-electron chi connectivity index (χ3n) is 6.92. The van der Waals surface area contributed by atoms with Crippen LogP contribution in [-0.4, -0.2) is 53.0 Å². The first kappa shape index (κ1) is 27.9. The highest BCUT2D eigenvalue weighted by Crippen LogP contribution is 2.44. The molecule has 39 heavy (non-hydrogen) atoms. The van der Waals surface area contributed by atoms with Crippen LogP contribution in [0.15, 0.2) is 78.9 Å². The molecule has 0 spiro atoms. The minimum atomic E-state index is -1.69. The molecule has 0 saturated heterocycles. The Balaban J connectivity index is 1.46. The lowest BCUT2D eigenvalue weighted by molar-refractivity contribution is -0.144. The van der Waals surface area contributed by atoms with E-state index >= 15 is 0 Å². The molecule has 2 amide bonds. The second-order valence-corrected chi connectivity index (χ2v) is 10.2. The van der Waals surface area contributed by atoms with Crippen LogP contribution in [0.5, 0.6) is 0 Å². The van der Waals surface area contributed by atoms with Crippen molar-refractivity contribution in [2.45, 2.75) is 50.8 Å². The number of amides is 2. The van der Waals surface area contributed by atoms with Crippen LogP contribution >= 0.6 is 0 Å². The van der Waals surface area contributed by atoms with E-state index in [9.17, 15) is 24.6 Å². The van der Waals surface area contributed by atoms with E-state index in [-0.39, 0.29) is 31.3 Å². The number of aliphatic hydroxyl groups is 1. The quantitative estimate of drug-likeness (QED) is 0.296. The monoisotopic (exact) mass is 530 g/mol. The van der Waals surface area contributed by atoms with Gasteiger partial charge in [0.25, 0.3) is 5.91 Å². The number of aliphatic hydroxyl groups excluding tert-OH is 1. The largest absolute Gasteiger partial charge is 0.480 e. The summed E-state index contributed by atoms with van der Waals surface area (Å²) in [5.74, 6) is -2.19. The number of carboxylic acid groups (broad SMARTS) is 1. The number of benzene rings is 3. The molecule has 1 aliphatic rings.